The van der Waals surface area contributed by atoms with E-state index in [1.54, 1.807) is 6.07 Å². The average molecular weight is 265 g/mol. The normalized spacial score (nSPS) is 11.1. The summed E-state index contributed by atoms with van der Waals surface area (Å²) in [6, 6.07) is 3.15. The number of alkyl halides is 4. The van der Waals surface area contributed by atoms with Crippen LogP contribution in [0.3, 0.4) is 0 Å². The summed E-state index contributed by atoms with van der Waals surface area (Å²) in [6.45, 7) is 1.52. The lowest BCUT2D eigenvalue weighted by molar-refractivity contribution is -0.276. The Morgan fingerprint density at radius 1 is 1.47 bits per heavy atom. The number of hydrogen-bond acceptors (Lipinski definition) is 3. The second kappa shape index (κ2) is 5.23. The lowest BCUT2D eigenvalue weighted by atomic mass is 10.1. The molecule has 1 rings (SSSR count). The van der Waals surface area contributed by atoms with Crippen molar-refractivity contribution in [3.8, 4) is 11.9 Å². The van der Waals surface area contributed by atoms with Crippen molar-refractivity contribution < 1.29 is 17.9 Å². The predicted octanol–water partition coefficient (Wildman–Crippen LogP) is 3.09. The van der Waals surface area contributed by atoms with Crippen molar-refractivity contribution >= 4 is 11.6 Å². The van der Waals surface area contributed by atoms with Crippen LogP contribution in [0.5, 0.6) is 5.88 Å². The van der Waals surface area contributed by atoms with Crippen LogP contribution < -0.4 is 4.74 Å². The number of halogens is 4. The molecule has 92 valence electrons. The summed E-state index contributed by atoms with van der Waals surface area (Å²) in [5, 5.41) is 8.53. The van der Waals surface area contributed by atoms with Crippen LogP contribution in [0, 0.1) is 18.3 Å². The first-order chi connectivity index (χ1) is 7.87. The fraction of sp³-hybridized carbons (Fsp3) is 0.400. The Morgan fingerprint density at radius 2 is 2.12 bits per heavy atom. The number of nitrogens with zero attached hydrogens (tertiary/aromatic N) is 2. The molecule has 0 fully saturated rings. The third-order valence-corrected chi connectivity index (χ3v) is 2.27. The van der Waals surface area contributed by atoms with E-state index in [9.17, 15) is 13.2 Å². The highest BCUT2D eigenvalue weighted by molar-refractivity contribution is 6.17. The summed E-state index contributed by atoms with van der Waals surface area (Å²) >= 11 is 5.60. The van der Waals surface area contributed by atoms with Crippen LogP contribution in [0.2, 0.25) is 0 Å². The number of rotatable bonds is 3. The summed E-state index contributed by atoms with van der Waals surface area (Å²) in [7, 11) is 0. The molecule has 0 spiro atoms. The molecule has 0 saturated carbocycles. The minimum absolute atomic E-state index is 0.0751. The highest BCUT2D eigenvalue weighted by atomic mass is 35.5. The third-order valence-electron chi connectivity index (χ3n) is 1.98. The molecule has 0 amide bonds. The molecule has 0 aliphatic heterocycles. The molecule has 1 aromatic rings. The minimum atomic E-state index is -4.83. The Hall–Kier alpha value is -1.48. The average Bonchev–Trinajstić information content (AvgIpc) is 2.20. The number of nitriles is 1. The van der Waals surface area contributed by atoms with Gasteiger partial charge >= 0.3 is 6.36 Å². The van der Waals surface area contributed by atoms with Gasteiger partial charge in [0.15, 0.2) is 0 Å². The molecule has 0 radical (unpaired) electrons. The van der Waals surface area contributed by atoms with E-state index in [2.05, 4.69) is 9.72 Å². The second-order valence-corrected chi connectivity index (χ2v) is 3.48. The molecule has 17 heavy (non-hydrogen) atoms. The van der Waals surface area contributed by atoms with E-state index in [0.29, 0.717) is 11.3 Å². The van der Waals surface area contributed by atoms with Crippen molar-refractivity contribution in [3.05, 3.63) is 22.9 Å². The SMILES string of the molecule is Cc1nc(OC(F)(F)F)c(CC#N)cc1CCl. The molecule has 1 heterocycles. The molecule has 1 aromatic heterocycles. The van der Waals surface area contributed by atoms with Crippen LogP contribution in [-0.4, -0.2) is 11.3 Å². The van der Waals surface area contributed by atoms with E-state index >= 15 is 0 Å². The van der Waals surface area contributed by atoms with E-state index in [1.165, 1.54) is 13.0 Å². The van der Waals surface area contributed by atoms with Crippen molar-refractivity contribution in [2.45, 2.75) is 25.6 Å². The van der Waals surface area contributed by atoms with Crippen LogP contribution in [0.15, 0.2) is 6.07 Å². The Labute approximate surface area is 101 Å². The fourth-order valence-corrected chi connectivity index (χ4v) is 1.49. The smallest absolute Gasteiger partial charge is 0.388 e. The number of hydrogen-bond donors (Lipinski definition) is 0. The van der Waals surface area contributed by atoms with Gasteiger partial charge < -0.3 is 4.74 Å². The van der Waals surface area contributed by atoms with Crippen molar-refractivity contribution in [1.29, 1.82) is 5.26 Å². The molecule has 0 bridgehead atoms. The van der Waals surface area contributed by atoms with E-state index in [-0.39, 0.29) is 17.9 Å². The molecular formula is C10H8ClF3N2O. The van der Waals surface area contributed by atoms with Crippen molar-refractivity contribution in [1.82, 2.24) is 4.98 Å². The van der Waals surface area contributed by atoms with Gasteiger partial charge in [0.1, 0.15) is 0 Å². The largest absolute Gasteiger partial charge is 0.574 e. The number of ether oxygens (including phenoxy) is 1. The van der Waals surface area contributed by atoms with Gasteiger partial charge in [-0.05, 0) is 18.6 Å². The first-order valence-electron chi connectivity index (χ1n) is 4.55. The predicted molar refractivity (Wildman–Crippen MR) is 54.5 cm³/mol. The molecule has 0 aliphatic rings. The number of aryl methyl sites for hydroxylation is 1. The first kappa shape index (κ1) is 13.6. The van der Waals surface area contributed by atoms with Gasteiger partial charge in [0.25, 0.3) is 0 Å². The van der Waals surface area contributed by atoms with E-state index < -0.39 is 12.2 Å². The Balaban J connectivity index is 3.19. The zero-order valence-electron chi connectivity index (χ0n) is 8.81. The molecule has 0 aliphatic carbocycles. The van der Waals surface area contributed by atoms with Crippen molar-refractivity contribution in [2.75, 3.05) is 0 Å². The van der Waals surface area contributed by atoms with Crippen LogP contribution in [0.1, 0.15) is 16.8 Å². The lowest BCUT2D eigenvalue weighted by Gasteiger charge is -2.13. The zero-order valence-corrected chi connectivity index (χ0v) is 9.56. The first-order valence-corrected chi connectivity index (χ1v) is 5.09. The lowest BCUT2D eigenvalue weighted by Crippen LogP contribution is -2.19. The Morgan fingerprint density at radius 3 is 2.59 bits per heavy atom. The molecule has 0 atom stereocenters. The number of aromatic nitrogens is 1. The molecule has 3 nitrogen and oxygen atoms in total. The summed E-state index contributed by atoms with van der Waals surface area (Å²) in [4.78, 5) is 3.67. The van der Waals surface area contributed by atoms with Gasteiger partial charge in [0, 0.05) is 17.1 Å². The maximum atomic E-state index is 12.1. The van der Waals surface area contributed by atoms with Crippen LogP contribution >= 0.6 is 11.6 Å². The van der Waals surface area contributed by atoms with E-state index in [1.807, 2.05) is 0 Å². The van der Waals surface area contributed by atoms with Gasteiger partial charge in [0.05, 0.1) is 12.5 Å². The quantitative estimate of drug-likeness (QED) is 0.788. The molecule has 0 N–H and O–H groups in total. The van der Waals surface area contributed by atoms with Gasteiger partial charge in [0.2, 0.25) is 5.88 Å². The molecular weight excluding hydrogens is 257 g/mol. The summed E-state index contributed by atoms with van der Waals surface area (Å²) in [5.74, 6) is -0.478. The monoisotopic (exact) mass is 264 g/mol. The molecule has 7 heteroatoms. The maximum absolute atomic E-state index is 12.1. The summed E-state index contributed by atoms with van der Waals surface area (Å²) < 4.78 is 40.1. The number of pyridine rings is 1. The highest BCUT2D eigenvalue weighted by Crippen LogP contribution is 2.27. The van der Waals surface area contributed by atoms with Gasteiger partial charge in [-0.3, -0.25) is 0 Å². The Kier molecular flexibility index (Phi) is 4.18. The molecule has 0 saturated heterocycles. The van der Waals surface area contributed by atoms with Crippen LogP contribution in [0.4, 0.5) is 13.2 Å². The second-order valence-electron chi connectivity index (χ2n) is 3.21. The fourth-order valence-electron chi connectivity index (χ4n) is 1.22. The summed E-state index contributed by atoms with van der Waals surface area (Å²) in [6.07, 6.45) is -5.05. The van der Waals surface area contributed by atoms with Crippen molar-refractivity contribution in [2.24, 2.45) is 0 Å². The standard InChI is InChI=1S/C10H8ClF3N2O/c1-6-8(5-11)4-7(2-3-15)9(16-6)17-10(12,13)14/h4H,2,5H2,1H3. The van der Waals surface area contributed by atoms with Gasteiger partial charge in [-0.1, -0.05) is 0 Å². The van der Waals surface area contributed by atoms with Crippen molar-refractivity contribution in [3.63, 3.8) is 0 Å². The van der Waals surface area contributed by atoms with Crippen LogP contribution in [-0.2, 0) is 12.3 Å². The highest BCUT2D eigenvalue weighted by Gasteiger charge is 2.33. The molecule has 0 unspecified atom stereocenters. The summed E-state index contributed by atoms with van der Waals surface area (Å²) in [5.41, 5.74) is 0.999. The maximum Gasteiger partial charge on any atom is 0.574 e. The van der Waals surface area contributed by atoms with Gasteiger partial charge in [-0.25, -0.2) is 4.98 Å². The topological polar surface area (TPSA) is 45.9 Å². The van der Waals surface area contributed by atoms with E-state index in [0.717, 1.165) is 0 Å². The van der Waals surface area contributed by atoms with E-state index in [4.69, 9.17) is 16.9 Å². The minimum Gasteiger partial charge on any atom is -0.388 e. The third kappa shape index (κ3) is 3.79. The zero-order chi connectivity index (χ0) is 13.1. The molecule has 0 aromatic carbocycles. The van der Waals surface area contributed by atoms with Gasteiger partial charge in [-0.2, -0.15) is 5.26 Å². The van der Waals surface area contributed by atoms with Crippen LogP contribution in [0.25, 0.3) is 0 Å². The Bertz CT molecular complexity index is 454. The van der Waals surface area contributed by atoms with Gasteiger partial charge in [-0.15, -0.1) is 24.8 Å².